The third-order valence-corrected chi connectivity index (χ3v) is 7.00. The highest BCUT2D eigenvalue weighted by Gasteiger charge is 2.37. The quantitative estimate of drug-likeness (QED) is 0.0394. The van der Waals surface area contributed by atoms with Crippen molar-refractivity contribution in [3.63, 3.8) is 0 Å². The van der Waals surface area contributed by atoms with Crippen LogP contribution in [0.4, 0.5) is 14.7 Å². The first-order valence-electron chi connectivity index (χ1n) is 14.2. The number of ether oxygens (including phenoxy) is 3. The molecule has 12 nitrogen and oxygen atoms in total. The lowest BCUT2D eigenvalue weighted by Crippen LogP contribution is -2.38. The molecule has 4 rings (SSSR count). The van der Waals surface area contributed by atoms with Crippen LogP contribution < -0.4 is 10.6 Å². The molecule has 0 saturated heterocycles. The lowest BCUT2D eigenvalue weighted by atomic mass is 9.77. The van der Waals surface area contributed by atoms with E-state index in [0.717, 1.165) is 16.7 Å². The number of carbonyl (C=O) groups excluding carboxylic acids is 2. The van der Waals surface area contributed by atoms with Crippen molar-refractivity contribution in [2.75, 3.05) is 25.3 Å². The van der Waals surface area contributed by atoms with Crippen molar-refractivity contribution in [1.82, 2.24) is 10.3 Å². The van der Waals surface area contributed by atoms with Gasteiger partial charge in [0.15, 0.2) is 5.13 Å². The molecule has 1 heterocycles. The van der Waals surface area contributed by atoms with E-state index in [0.29, 0.717) is 5.13 Å². The standard InChI is InChI=1S/C33H34N4O8S/c1-32(2,3)45-30(40)34-19-20-42-31(41)43-22-44-37-27(28(38)39)26-21-46-29(35-26)36-33(23-13-7-4-8-14-23,24-15-9-5-10-16-24)25-17-11-6-12-18-25/h4-18,21H,19-20,22H2,1-3H3,(H,34,40)(H,35,36)(H,38,39). The Morgan fingerprint density at radius 2 is 1.39 bits per heavy atom. The van der Waals surface area contributed by atoms with E-state index in [-0.39, 0.29) is 18.8 Å². The second kappa shape index (κ2) is 15.5. The zero-order chi connectivity index (χ0) is 33.0. The first-order valence-corrected chi connectivity index (χ1v) is 15.1. The molecule has 0 bridgehead atoms. The molecular weight excluding hydrogens is 612 g/mol. The molecule has 1 amide bonds. The SMILES string of the molecule is CC(C)(C)OC(=O)NCCOC(=O)OCON=C(C(=O)O)c1csc(NC(c2ccccc2)(c2ccccc2)c2ccccc2)n1. The molecule has 0 unspecified atom stereocenters. The number of alkyl carbamates (subject to hydrolysis) is 1. The number of nitrogens with one attached hydrogen (secondary N) is 2. The molecule has 0 atom stereocenters. The number of anilines is 1. The highest BCUT2D eigenvalue weighted by atomic mass is 32.1. The molecule has 0 spiro atoms. The predicted molar refractivity (Wildman–Crippen MR) is 172 cm³/mol. The first-order chi connectivity index (χ1) is 22.1. The van der Waals surface area contributed by atoms with Gasteiger partial charge in [-0.3, -0.25) is 0 Å². The number of benzene rings is 3. The molecule has 13 heteroatoms. The van der Waals surface area contributed by atoms with Gasteiger partial charge in [-0.2, -0.15) is 0 Å². The Balaban J connectivity index is 1.45. The van der Waals surface area contributed by atoms with Gasteiger partial charge in [-0.25, -0.2) is 19.4 Å². The zero-order valence-electron chi connectivity index (χ0n) is 25.5. The number of oxime groups is 1. The fourth-order valence-electron chi connectivity index (χ4n) is 4.39. The second-order valence-corrected chi connectivity index (χ2v) is 11.5. The van der Waals surface area contributed by atoms with Crippen LogP contribution >= 0.6 is 11.3 Å². The van der Waals surface area contributed by atoms with E-state index in [1.54, 1.807) is 20.8 Å². The Kier molecular flexibility index (Phi) is 11.3. The maximum absolute atomic E-state index is 12.1. The number of nitrogens with zero attached hydrogens (tertiary/aromatic N) is 2. The zero-order valence-corrected chi connectivity index (χ0v) is 26.3. The molecule has 46 heavy (non-hydrogen) atoms. The van der Waals surface area contributed by atoms with E-state index in [4.69, 9.17) is 19.0 Å². The van der Waals surface area contributed by atoms with Crippen LogP contribution in [0.3, 0.4) is 0 Å². The van der Waals surface area contributed by atoms with Crippen LogP contribution in [0.25, 0.3) is 0 Å². The van der Waals surface area contributed by atoms with E-state index in [9.17, 15) is 19.5 Å². The maximum Gasteiger partial charge on any atom is 0.511 e. The van der Waals surface area contributed by atoms with Crippen molar-refractivity contribution < 1.29 is 38.5 Å². The van der Waals surface area contributed by atoms with Crippen molar-refractivity contribution >= 4 is 40.4 Å². The summed E-state index contributed by atoms with van der Waals surface area (Å²) in [5.74, 6) is -1.40. The molecule has 3 aromatic carbocycles. The van der Waals surface area contributed by atoms with E-state index >= 15 is 0 Å². The van der Waals surface area contributed by atoms with Gasteiger partial charge in [-0.15, -0.1) is 11.3 Å². The molecule has 0 aliphatic rings. The number of rotatable bonds is 13. The number of carbonyl (C=O) groups is 3. The van der Waals surface area contributed by atoms with Crippen molar-refractivity contribution in [3.05, 3.63) is 119 Å². The molecule has 4 aromatic rings. The lowest BCUT2D eigenvalue weighted by molar-refractivity contribution is -0.129. The van der Waals surface area contributed by atoms with E-state index in [1.807, 2.05) is 91.0 Å². The van der Waals surface area contributed by atoms with Gasteiger partial charge in [0.2, 0.25) is 5.71 Å². The van der Waals surface area contributed by atoms with Gasteiger partial charge < -0.3 is 34.8 Å². The number of aliphatic carboxylic acids is 1. The number of carboxylic acid groups (broad SMARTS) is 1. The molecule has 0 aliphatic carbocycles. The van der Waals surface area contributed by atoms with Crippen LogP contribution in [0.15, 0.2) is 102 Å². The topological polar surface area (TPSA) is 158 Å². The number of hydrogen-bond donors (Lipinski definition) is 3. The summed E-state index contributed by atoms with van der Waals surface area (Å²) in [6.07, 6.45) is -1.76. The third kappa shape index (κ3) is 9.05. The predicted octanol–water partition coefficient (Wildman–Crippen LogP) is 5.99. The Labute approximate surface area is 270 Å². The van der Waals surface area contributed by atoms with Gasteiger partial charge in [0.25, 0.3) is 6.79 Å². The average Bonchev–Trinajstić information content (AvgIpc) is 3.50. The highest BCUT2D eigenvalue weighted by Crippen LogP contribution is 2.40. The fourth-order valence-corrected chi connectivity index (χ4v) is 5.14. The Morgan fingerprint density at radius 3 is 1.89 bits per heavy atom. The molecule has 3 N–H and O–H groups in total. The third-order valence-electron chi connectivity index (χ3n) is 6.24. The highest BCUT2D eigenvalue weighted by molar-refractivity contribution is 7.14. The van der Waals surface area contributed by atoms with Crippen LogP contribution in [-0.4, -0.2) is 59.6 Å². The van der Waals surface area contributed by atoms with Crippen LogP contribution in [0.5, 0.6) is 0 Å². The van der Waals surface area contributed by atoms with Crippen LogP contribution in [-0.2, 0) is 29.4 Å². The summed E-state index contributed by atoms with van der Waals surface area (Å²) in [4.78, 5) is 44.9. The Morgan fingerprint density at radius 1 is 0.848 bits per heavy atom. The van der Waals surface area contributed by atoms with Crippen LogP contribution in [0, 0.1) is 0 Å². The van der Waals surface area contributed by atoms with E-state index in [2.05, 4.69) is 20.8 Å². The van der Waals surface area contributed by atoms with E-state index < -0.39 is 41.9 Å². The van der Waals surface area contributed by atoms with Gasteiger partial charge in [-0.05, 0) is 37.5 Å². The number of carboxylic acids is 1. The van der Waals surface area contributed by atoms with E-state index in [1.165, 1.54) is 16.7 Å². The second-order valence-electron chi connectivity index (χ2n) is 10.7. The Bertz CT molecular complexity index is 1530. The minimum absolute atomic E-state index is 0.00746. The lowest BCUT2D eigenvalue weighted by Gasteiger charge is -2.36. The van der Waals surface area contributed by atoms with Crippen molar-refractivity contribution in [3.8, 4) is 0 Å². The van der Waals surface area contributed by atoms with Gasteiger partial charge >= 0.3 is 18.2 Å². The molecule has 0 fully saturated rings. The summed E-state index contributed by atoms with van der Waals surface area (Å²) in [5.41, 5.74) is 0.862. The number of thiazole rings is 1. The Hall–Kier alpha value is -5.43. The minimum Gasteiger partial charge on any atom is -0.476 e. The molecular formula is C33H34N4O8S. The van der Waals surface area contributed by atoms with Crippen LogP contribution in [0.1, 0.15) is 43.2 Å². The molecule has 240 valence electrons. The van der Waals surface area contributed by atoms with Crippen molar-refractivity contribution in [2.24, 2.45) is 5.16 Å². The van der Waals surface area contributed by atoms with Gasteiger partial charge in [-0.1, -0.05) is 96.2 Å². The summed E-state index contributed by atoms with van der Waals surface area (Å²) in [5, 5.41) is 21.4. The number of amides is 1. The summed E-state index contributed by atoms with van der Waals surface area (Å²) in [6, 6.07) is 29.6. The van der Waals surface area contributed by atoms with Crippen molar-refractivity contribution in [2.45, 2.75) is 31.9 Å². The van der Waals surface area contributed by atoms with Gasteiger partial charge in [0, 0.05) is 5.38 Å². The average molecular weight is 647 g/mol. The molecule has 0 saturated carbocycles. The molecule has 0 aliphatic heterocycles. The molecule has 0 radical (unpaired) electrons. The summed E-state index contributed by atoms with van der Waals surface area (Å²) >= 11 is 1.20. The number of hydrogen-bond acceptors (Lipinski definition) is 11. The molecule has 1 aromatic heterocycles. The van der Waals surface area contributed by atoms with Crippen LogP contribution in [0.2, 0.25) is 0 Å². The summed E-state index contributed by atoms with van der Waals surface area (Å²) < 4.78 is 14.7. The summed E-state index contributed by atoms with van der Waals surface area (Å²) in [6.45, 7) is 4.24. The fraction of sp³-hybridized carbons (Fsp3) is 0.242. The maximum atomic E-state index is 12.1. The van der Waals surface area contributed by atoms with Crippen molar-refractivity contribution in [1.29, 1.82) is 0 Å². The monoisotopic (exact) mass is 646 g/mol. The van der Waals surface area contributed by atoms with Gasteiger partial charge in [0.1, 0.15) is 23.4 Å². The largest absolute Gasteiger partial charge is 0.511 e. The summed E-state index contributed by atoms with van der Waals surface area (Å²) in [7, 11) is 0. The normalized spacial score (nSPS) is 11.7. The number of aromatic nitrogens is 1. The van der Waals surface area contributed by atoms with Gasteiger partial charge in [0.05, 0.1) is 6.54 Å². The smallest absolute Gasteiger partial charge is 0.476 e. The first kappa shape index (κ1) is 33.5. The minimum atomic E-state index is -1.40.